The standard InChI is InChI=1S/C29H39N5O5S/c1-4-19(2)25(28(37)34-10-9-24-26(34)23(35)17-39-24)31-27(36)21-7-5-20(6-8-21)22-18-40-29(30-22)33-13-11-32(12-14-33)15-16-38-3/h5-8,18-19,24-26H,4,9-17H2,1-3H3,(H,31,36)/t19-,24+,25-,26+/m0/s1. The molecule has 1 N–H and O–H groups in total. The highest BCUT2D eigenvalue weighted by molar-refractivity contribution is 7.14. The van der Waals surface area contributed by atoms with Crippen LogP contribution in [0.3, 0.4) is 0 Å². The molecule has 4 atom stereocenters. The van der Waals surface area contributed by atoms with Crippen LogP contribution >= 0.6 is 11.3 Å². The van der Waals surface area contributed by atoms with Crippen molar-refractivity contribution >= 4 is 34.1 Å². The molecule has 5 rings (SSSR count). The molecule has 216 valence electrons. The molecule has 0 bridgehead atoms. The van der Waals surface area contributed by atoms with Crippen molar-refractivity contribution in [1.82, 2.24) is 20.1 Å². The number of Topliss-reactive ketones (excluding diaryl/α,β-unsaturated/α-hetero) is 1. The molecule has 0 aliphatic carbocycles. The van der Waals surface area contributed by atoms with E-state index in [0.717, 1.165) is 62.1 Å². The van der Waals surface area contributed by atoms with Crippen LogP contribution in [0.4, 0.5) is 5.13 Å². The minimum Gasteiger partial charge on any atom is -0.383 e. The lowest BCUT2D eigenvalue weighted by molar-refractivity contribution is -0.139. The zero-order chi connectivity index (χ0) is 28.2. The summed E-state index contributed by atoms with van der Waals surface area (Å²) in [5.74, 6) is -0.655. The summed E-state index contributed by atoms with van der Waals surface area (Å²) in [6.45, 7) is 10.0. The van der Waals surface area contributed by atoms with Crippen molar-refractivity contribution in [1.29, 1.82) is 0 Å². The molecule has 4 heterocycles. The molecule has 0 spiro atoms. The second kappa shape index (κ2) is 12.8. The molecular formula is C29H39N5O5S. The average molecular weight is 570 g/mol. The molecule has 1 aromatic carbocycles. The third-order valence-electron chi connectivity index (χ3n) is 8.35. The summed E-state index contributed by atoms with van der Waals surface area (Å²) in [4.78, 5) is 50.3. The molecule has 3 aliphatic heterocycles. The number of fused-ring (bicyclic) bond motifs is 1. The molecule has 3 aliphatic rings. The third-order valence-corrected chi connectivity index (χ3v) is 9.25. The number of anilines is 1. The molecule has 0 unspecified atom stereocenters. The highest BCUT2D eigenvalue weighted by atomic mass is 32.1. The van der Waals surface area contributed by atoms with E-state index in [0.29, 0.717) is 18.5 Å². The first-order valence-electron chi connectivity index (χ1n) is 14.2. The lowest BCUT2D eigenvalue weighted by Gasteiger charge is -2.34. The Kier molecular flexibility index (Phi) is 9.14. The fourth-order valence-corrected chi connectivity index (χ4v) is 6.53. The van der Waals surface area contributed by atoms with Crippen LogP contribution in [-0.2, 0) is 19.1 Å². The number of carbonyl (C=O) groups is 3. The van der Waals surface area contributed by atoms with Crippen molar-refractivity contribution in [2.45, 2.75) is 44.9 Å². The highest BCUT2D eigenvalue weighted by Gasteiger charge is 2.48. The molecule has 1 aromatic heterocycles. The number of ketones is 1. The fourth-order valence-electron chi connectivity index (χ4n) is 5.65. The maximum absolute atomic E-state index is 13.5. The van der Waals surface area contributed by atoms with Gasteiger partial charge in [-0.3, -0.25) is 19.3 Å². The van der Waals surface area contributed by atoms with Crippen molar-refractivity contribution in [3.05, 3.63) is 35.2 Å². The van der Waals surface area contributed by atoms with Crippen LogP contribution in [0.25, 0.3) is 11.3 Å². The van der Waals surface area contributed by atoms with E-state index < -0.39 is 12.1 Å². The van der Waals surface area contributed by atoms with Crippen LogP contribution in [-0.4, -0.2) is 110 Å². The van der Waals surface area contributed by atoms with Gasteiger partial charge in [0.1, 0.15) is 18.7 Å². The summed E-state index contributed by atoms with van der Waals surface area (Å²) in [6, 6.07) is 6.11. The Morgan fingerprint density at radius 3 is 2.62 bits per heavy atom. The number of carbonyl (C=O) groups excluding carboxylic acids is 3. The monoisotopic (exact) mass is 569 g/mol. The van der Waals surface area contributed by atoms with Gasteiger partial charge in [0.05, 0.1) is 18.4 Å². The molecule has 0 saturated carbocycles. The number of likely N-dealkylation sites (tertiary alicyclic amines) is 1. The van der Waals surface area contributed by atoms with Gasteiger partial charge >= 0.3 is 0 Å². The summed E-state index contributed by atoms with van der Waals surface area (Å²) in [6.07, 6.45) is 1.14. The van der Waals surface area contributed by atoms with E-state index in [-0.39, 0.29) is 36.2 Å². The molecule has 0 radical (unpaired) electrons. The lowest BCUT2D eigenvalue weighted by atomic mass is 9.96. The number of ether oxygens (including phenoxy) is 2. The summed E-state index contributed by atoms with van der Waals surface area (Å²) >= 11 is 1.63. The van der Waals surface area contributed by atoms with E-state index in [2.05, 4.69) is 20.5 Å². The zero-order valence-electron chi connectivity index (χ0n) is 23.5. The van der Waals surface area contributed by atoms with Gasteiger partial charge in [-0.05, 0) is 24.5 Å². The number of amides is 2. The predicted octanol–water partition coefficient (Wildman–Crippen LogP) is 2.29. The Labute approximate surface area is 239 Å². The average Bonchev–Trinajstić information content (AvgIpc) is 3.73. The smallest absolute Gasteiger partial charge is 0.251 e. The van der Waals surface area contributed by atoms with Gasteiger partial charge in [-0.15, -0.1) is 11.3 Å². The number of benzene rings is 1. The van der Waals surface area contributed by atoms with Crippen molar-refractivity contribution in [3.8, 4) is 11.3 Å². The topological polar surface area (TPSA) is 104 Å². The fraction of sp³-hybridized carbons (Fsp3) is 0.586. The van der Waals surface area contributed by atoms with E-state index in [1.807, 2.05) is 26.0 Å². The van der Waals surface area contributed by atoms with Gasteiger partial charge in [0, 0.05) is 62.9 Å². The minimum absolute atomic E-state index is 0.0534. The Morgan fingerprint density at radius 1 is 1.18 bits per heavy atom. The van der Waals surface area contributed by atoms with E-state index >= 15 is 0 Å². The van der Waals surface area contributed by atoms with Gasteiger partial charge in [-0.25, -0.2) is 4.98 Å². The first-order valence-corrected chi connectivity index (χ1v) is 15.1. The number of hydrogen-bond acceptors (Lipinski definition) is 9. The molecule has 10 nitrogen and oxygen atoms in total. The van der Waals surface area contributed by atoms with Gasteiger partial charge in [-0.1, -0.05) is 32.4 Å². The van der Waals surface area contributed by atoms with Crippen LogP contribution in [0.1, 0.15) is 37.0 Å². The number of thiazole rings is 1. The number of hydrogen-bond donors (Lipinski definition) is 1. The molecule has 40 heavy (non-hydrogen) atoms. The molecule has 3 fully saturated rings. The van der Waals surface area contributed by atoms with E-state index in [1.165, 1.54) is 0 Å². The zero-order valence-corrected chi connectivity index (χ0v) is 24.3. The summed E-state index contributed by atoms with van der Waals surface area (Å²) < 4.78 is 10.7. The van der Waals surface area contributed by atoms with Crippen LogP contribution < -0.4 is 10.2 Å². The quantitative estimate of drug-likeness (QED) is 0.465. The van der Waals surface area contributed by atoms with Crippen LogP contribution in [0.5, 0.6) is 0 Å². The number of aromatic nitrogens is 1. The normalized spacial score (nSPS) is 22.8. The SMILES string of the molecule is CC[C@H](C)[C@H](NC(=O)c1ccc(-c2csc(N3CCN(CCOC)CC3)n2)cc1)C(=O)N1CC[C@H]2OCC(=O)[C@H]21. The van der Waals surface area contributed by atoms with Gasteiger partial charge in [-0.2, -0.15) is 0 Å². The Balaban J connectivity index is 1.21. The summed E-state index contributed by atoms with van der Waals surface area (Å²) in [5.41, 5.74) is 2.30. The molecule has 2 aromatic rings. The van der Waals surface area contributed by atoms with Crippen molar-refractivity contribution < 1.29 is 23.9 Å². The molecular weight excluding hydrogens is 530 g/mol. The van der Waals surface area contributed by atoms with Crippen LogP contribution in [0, 0.1) is 5.92 Å². The second-order valence-electron chi connectivity index (χ2n) is 10.8. The maximum Gasteiger partial charge on any atom is 0.251 e. The Bertz CT molecular complexity index is 1200. The van der Waals surface area contributed by atoms with E-state index in [9.17, 15) is 14.4 Å². The molecule has 11 heteroatoms. The van der Waals surface area contributed by atoms with E-state index in [4.69, 9.17) is 14.5 Å². The van der Waals surface area contributed by atoms with Crippen molar-refractivity contribution in [2.75, 3.05) is 64.5 Å². The van der Waals surface area contributed by atoms with Crippen LogP contribution in [0.2, 0.25) is 0 Å². The number of nitrogens with one attached hydrogen (secondary N) is 1. The second-order valence-corrected chi connectivity index (χ2v) is 11.7. The van der Waals surface area contributed by atoms with Crippen LogP contribution in [0.15, 0.2) is 29.6 Å². The molecule has 3 saturated heterocycles. The number of nitrogens with zero attached hydrogens (tertiary/aromatic N) is 4. The lowest BCUT2D eigenvalue weighted by Crippen LogP contribution is -2.54. The predicted molar refractivity (Wildman–Crippen MR) is 154 cm³/mol. The summed E-state index contributed by atoms with van der Waals surface area (Å²) in [7, 11) is 1.73. The minimum atomic E-state index is -0.708. The first-order chi connectivity index (χ1) is 19.4. The van der Waals surface area contributed by atoms with Crippen molar-refractivity contribution in [2.24, 2.45) is 5.92 Å². The highest BCUT2D eigenvalue weighted by Crippen LogP contribution is 2.30. The largest absolute Gasteiger partial charge is 0.383 e. The number of rotatable bonds is 10. The summed E-state index contributed by atoms with van der Waals surface area (Å²) in [5, 5.41) is 6.02. The van der Waals surface area contributed by atoms with Gasteiger partial charge in [0.15, 0.2) is 10.9 Å². The number of methoxy groups -OCH3 is 1. The third kappa shape index (κ3) is 6.07. The molecule has 2 amide bonds. The van der Waals surface area contributed by atoms with E-state index in [1.54, 1.807) is 35.5 Å². The van der Waals surface area contributed by atoms with Crippen molar-refractivity contribution in [3.63, 3.8) is 0 Å². The number of piperazine rings is 1. The first kappa shape index (κ1) is 28.7. The van der Waals surface area contributed by atoms with Gasteiger partial charge in [0.2, 0.25) is 5.91 Å². The van der Waals surface area contributed by atoms with Gasteiger partial charge < -0.3 is 24.6 Å². The van der Waals surface area contributed by atoms with Gasteiger partial charge in [0.25, 0.3) is 5.91 Å². The Morgan fingerprint density at radius 2 is 1.93 bits per heavy atom. The maximum atomic E-state index is 13.5. The Hall–Kier alpha value is -2.86.